The standard InChI is InChI=1S/C24H29NO3/c1-27-22-14-19-13-20(24(26)21(19)15-23(22)28-2)12-17-8-10-25(11-9-17)16-18-6-4-3-5-7-18/h3-7,14-15,17,20H,8-13,16H2,1-2H3/i3D,4D,5D,6D,7D,13D2,16D2,20D. The monoisotopic (exact) mass is 389 g/mol. The number of hydrogen-bond acceptors (Lipinski definition) is 4. The lowest BCUT2D eigenvalue weighted by molar-refractivity contribution is 0.0895. The molecule has 1 fully saturated rings. The molecular formula is C24H29NO3. The van der Waals surface area contributed by atoms with Crippen molar-refractivity contribution in [2.45, 2.75) is 32.1 Å². The smallest absolute Gasteiger partial charge is 0.166 e. The van der Waals surface area contributed by atoms with Crippen molar-refractivity contribution >= 4 is 5.78 Å². The van der Waals surface area contributed by atoms with Gasteiger partial charge in [0.25, 0.3) is 0 Å². The van der Waals surface area contributed by atoms with Crippen molar-refractivity contribution in [2.24, 2.45) is 11.8 Å². The van der Waals surface area contributed by atoms with Crippen LogP contribution in [0.1, 0.15) is 54.5 Å². The Balaban J connectivity index is 1.56. The maximum absolute atomic E-state index is 13.4. The second-order valence-electron chi connectivity index (χ2n) is 6.93. The maximum atomic E-state index is 13.4. The van der Waals surface area contributed by atoms with Crippen molar-refractivity contribution < 1.29 is 28.0 Å². The van der Waals surface area contributed by atoms with E-state index in [4.69, 9.17) is 23.2 Å². The maximum Gasteiger partial charge on any atom is 0.166 e. The van der Waals surface area contributed by atoms with Crippen LogP contribution < -0.4 is 9.47 Å². The molecule has 4 rings (SSSR count). The van der Waals surface area contributed by atoms with Gasteiger partial charge in [0.15, 0.2) is 17.3 Å². The quantitative estimate of drug-likeness (QED) is 0.736. The molecular weight excluding hydrogens is 350 g/mol. The molecule has 2 aromatic carbocycles. The van der Waals surface area contributed by atoms with Gasteiger partial charge >= 0.3 is 0 Å². The third kappa shape index (κ3) is 3.93. The molecule has 0 bridgehead atoms. The van der Waals surface area contributed by atoms with Crippen LogP contribution in [0.2, 0.25) is 0 Å². The second kappa shape index (κ2) is 8.36. The third-order valence-corrected chi connectivity index (χ3v) is 5.21. The number of likely N-dealkylation sites (tertiary alicyclic amines) is 1. The molecule has 4 heteroatoms. The second-order valence-corrected chi connectivity index (χ2v) is 6.93. The minimum absolute atomic E-state index is 0.0742. The van der Waals surface area contributed by atoms with Crippen LogP contribution in [0.15, 0.2) is 42.3 Å². The van der Waals surface area contributed by atoms with E-state index in [0.29, 0.717) is 12.8 Å². The Morgan fingerprint density at radius 2 is 1.86 bits per heavy atom. The number of ether oxygens (including phenoxy) is 2. The SMILES string of the molecule is [2H]c1c([2H])c([2H])c(C([2H])([2H])N2CCC(CC3([2H])C(=O)c4cc(OC)c(OC)cc4C3([2H])[2H])CC2)c([2H])c1[2H]. The molecule has 1 aliphatic heterocycles. The first-order valence-electron chi connectivity index (χ1n) is 14.3. The number of fused-ring (bicyclic) bond motifs is 1. The lowest BCUT2D eigenvalue weighted by atomic mass is 9.85. The van der Waals surface area contributed by atoms with Gasteiger partial charge in [-0.15, -0.1) is 0 Å². The number of rotatable bonds is 6. The van der Waals surface area contributed by atoms with Crippen LogP contribution in [0.3, 0.4) is 0 Å². The number of ketones is 1. The molecule has 1 atom stereocenters. The van der Waals surface area contributed by atoms with Crippen molar-refractivity contribution in [1.29, 1.82) is 0 Å². The van der Waals surface area contributed by atoms with Crippen LogP contribution in [0, 0.1) is 11.8 Å². The van der Waals surface area contributed by atoms with Crippen molar-refractivity contribution in [3.05, 3.63) is 59.0 Å². The summed E-state index contributed by atoms with van der Waals surface area (Å²) in [5.41, 5.74) is -0.276. The highest BCUT2D eigenvalue weighted by molar-refractivity contribution is 6.02. The van der Waals surface area contributed by atoms with Crippen LogP contribution in [-0.2, 0) is 12.9 Å². The summed E-state index contributed by atoms with van der Waals surface area (Å²) in [6.45, 7) is -2.07. The first-order chi connectivity index (χ1) is 17.6. The molecule has 2 aliphatic rings. The van der Waals surface area contributed by atoms with E-state index in [-0.39, 0.29) is 48.1 Å². The number of carbonyl (C=O) groups excluding carboxylic acids is 1. The molecule has 0 saturated carbocycles. The van der Waals surface area contributed by atoms with Crippen LogP contribution >= 0.6 is 0 Å². The van der Waals surface area contributed by atoms with Gasteiger partial charge in [-0.3, -0.25) is 9.69 Å². The first kappa shape index (κ1) is 10.4. The molecule has 4 nitrogen and oxygen atoms in total. The van der Waals surface area contributed by atoms with Crippen LogP contribution in [0.25, 0.3) is 0 Å². The van der Waals surface area contributed by atoms with Crippen LogP contribution in [0.5, 0.6) is 11.5 Å². The fourth-order valence-electron chi connectivity index (χ4n) is 3.70. The van der Waals surface area contributed by atoms with Gasteiger partial charge in [-0.25, -0.2) is 0 Å². The zero-order valence-corrected chi connectivity index (χ0v) is 15.9. The highest BCUT2D eigenvalue weighted by Gasteiger charge is 2.34. The van der Waals surface area contributed by atoms with Gasteiger partial charge in [-0.2, -0.15) is 0 Å². The van der Waals surface area contributed by atoms with E-state index in [2.05, 4.69) is 0 Å². The number of Topliss-reactive ketones (excluding diaryl/α,β-unsaturated/α-hetero) is 1. The lowest BCUT2D eigenvalue weighted by Crippen LogP contribution is -2.34. The largest absolute Gasteiger partial charge is 0.493 e. The average molecular weight is 390 g/mol. The van der Waals surface area contributed by atoms with Crippen LogP contribution in [0.4, 0.5) is 0 Å². The van der Waals surface area contributed by atoms with E-state index in [1.165, 1.54) is 31.3 Å². The van der Waals surface area contributed by atoms with E-state index >= 15 is 0 Å². The zero-order chi connectivity index (χ0) is 28.4. The molecule has 0 N–H and O–H groups in total. The molecule has 0 radical (unpaired) electrons. The first-order valence-corrected chi connectivity index (χ1v) is 9.27. The van der Waals surface area contributed by atoms with Gasteiger partial charge in [0.1, 0.15) is 0 Å². The summed E-state index contributed by atoms with van der Waals surface area (Å²) >= 11 is 0. The van der Waals surface area contributed by atoms with E-state index in [9.17, 15) is 4.79 Å². The van der Waals surface area contributed by atoms with Gasteiger partial charge in [-0.1, -0.05) is 30.2 Å². The molecule has 1 aliphatic carbocycles. The van der Waals surface area contributed by atoms with Crippen LogP contribution in [-0.4, -0.2) is 38.0 Å². The summed E-state index contributed by atoms with van der Waals surface area (Å²) < 4.78 is 94.1. The van der Waals surface area contributed by atoms with Gasteiger partial charge in [0.05, 0.1) is 21.1 Å². The topological polar surface area (TPSA) is 38.8 Å². The molecule has 1 unspecified atom stereocenters. The highest BCUT2D eigenvalue weighted by Crippen LogP contribution is 2.39. The van der Waals surface area contributed by atoms with Crippen molar-refractivity contribution in [2.75, 3.05) is 27.3 Å². The molecule has 2 aromatic rings. The van der Waals surface area contributed by atoms with Gasteiger partial charge < -0.3 is 9.47 Å². The number of nitrogens with zero attached hydrogens (tertiary/aromatic N) is 1. The summed E-state index contributed by atoms with van der Waals surface area (Å²) in [4.78, 5) is 14.8. The Morgan fingerprint density at radius 3 is 2.54 bits per heavy atom. The molecule has 0 aromatic heterocycles. The fraction of sp³-hybridized carbons (Fsp3) is 0.458. The fourth-order valence-corrected chi connectivity index (χ4v) is 3.70. The van der Waals surface area contributed by atoms with Gasteiger partial charge in [0, 0.05) is 24.8 Å². The van der Waals surface area contributed by atoms with E-state index in [1.807, 2.05) is 0 Å². The van der Waals surface area contributed by atoms with Crippen molar-refractivity contribution in [3.63, 3.8) is 0 Å². The van der Waals surface area contributed by atoms with E-state index in [0.717, 1.165) is 0 Å². The number of carbonyl (C=O) groups is 1. The zero-order valence-electron chi connectivity index (χ0n) is 25.9. The summed E-state index contributed by atoms with van der Waals surface area (Å²) in [5, 5.41) is 0. The van der Waals surface area contributed by atoms with E-state index in [1.54, 1.807) is 0 Å². The lowest BCUT2D eigenvalue weighted by Gasteiger charge is -2.32. The molecule has 148 valence electrons. The summed E-state index contributed by atoms with van der Waals surface area (Å²) in [7, 11) is 2.81. The summed E-state index contributed by atoms with van der Waals surface area (Å²) in [5.74, 6) is -2.48. The normalized spacial score (nSPS) is 30.3. The Bertz CT molecular complexity index is 1260. The number of piperidine rings is 1. The predicted molar refractivity (Wildman–Crippen MR) is 110 cm³/mol. The Kier molecular flexibility index (Phi) is 3.12. The van der Waals surface area contributed by atoms with Crippen molar-refractivity contribution in [3.8, 4) is 11.5 Å². The Morgan fingerprint density at radius 1 is 1.18 bits per heavy atom. The summed E-state index contributed by atoms with van der Waals surface area (Å²) in [6, 6.07) is -0.188. The molecule has 0 spiro atoms. The molecule has 1 heterocycles. The minimum atomic E-state index is -2.35. The highest BCUT2D eigenvalue weighted by atomic mass is 16.5. The summed E-state index contributed by atoms with van der Waals surface area (Å²) in [6.07, 6.45) is -1.70. The van der Waals surface area contributed by atoms with E-state index < -0.39 is 60.3 Å². The molecule has 1 saturated heterocycles. The third-order valence-electron chi connectivity index (χ3n) is 5.21. The number of methoxy groups -OCH3 is 2. The number of hydrogen-bond donors (Lipinski definition) is 0. The van der Waals surface area contributed by atoms with Crippen molar-refractivity contribution in [1.82, 2.24) is 4.90 Å². The number of benzene rings is 2. The van der Waals surface area contributed by atoms with Gasteiger partial charge in [-0.05, 0) is 67.9 Å². The minimum Gasteiger partial charge on any atom is -0.493 e. The molecule has 28 heavy (non-hydrogen) atoms. The Labute approximate surface area is 181 Å². The van der Waals surface area contributed by atoms with Gasteiger partial charge in [0.2, 0.25) is 0 Å². The predicted octanol–water partition coefficient (Wildman–Crippen LogP) is 4.36. The molecule has 0 amide bonds. The average Bonchev–Trinajstić information content (AvgIpc) is 3.02. The Hall–Kier alpha value is -2.33.